The van der Waals surface area contributed by atoms with Crippen molar-refractivity contribution in [3.63, 3.8) is 0 Å². The largest absolute Gasteiger partial charge is 0.282 e. The first kappa shape index (κ1) is 21.9. The highest BCUT2D eigenvalue weighted by molar-refractivity contribution is 5.61. The predicted octanol–water partition coefficient (Wildman–Crippen LogP) is 4.50. The molecule has 7 heteroatoms. The number of pyridine rings is 2. The lowest BCUT2D eigenvalue weighted by atomic mass is 9.97. The number of aryl methyl sites for hydroxylation is 1. The summed E-state index contributed by atoms with van der Waals surface area (Å²) >= 11 is 0. The fourth-order valence-corrected chi connectivity index (χ4v) is 5.31. The monoisotopic (exact) mass is 466 g/mol. The minimum absolute atomic E-state index is 0.0711. The van der Waals surface area contributed by atoms with Crippen LogP contribution < -0.4 is 5.56 Å². The summed E-state index contributed by atoms with van der Waals surface area (Å²) in [6.45, 7) is 0. The maximum Gasteiger partial charge on any atom is 0.255 e. The molecule has 6 rings (SSSR count). The highest BCUT2D eigenvalue weighted by atomic mass is 16.1. The van der Waals surface area contributed by atoms with Gasteiger partial charge in [-0.1, -0.05) is 0 Å². The van der Waals surface area contributed by atoms with Crippen LogP contribution in [-0.4, -0.2) is 29.3 Å². The van der Waals surface area contributed by atoms with Crippen LogP contribution in [0.25, 0.3) is 16.8 Å². The lowest BCUT2D eigenvalue weighted by molar-refractivity contribution is 0.476. The normalized spacial score (nSPS) is 19.8. The average Bonchev–Trinajstić information content (AvgIpc) is 3.49. The van der Waals surface area contributed by atoms with Crippen LogP contribution in [0.2, 0.25) is 0 Å². The summed E-state index contributed by atoms with van der Waals surface area (Å²) in [5.41, 5.74) is 5.02. The molecule has 0 spiro atoms. The molecule has 2 fully saturated rings. The van der Waals surface area contributed by atoms with Gasteiger partial charge < -0.3 is 0 Å². The molecule has 2 saturated carbocycles. The van der Waals surface area contributed by atoms with Crippen molar-refractivity contribution < 1.29 is 0 Å². The number of hydrogen-bond acceptors (Lipinski definition) is 5. The molecule has 0 aliphatic heterocycles. The molecule has 0 radical (unpaired) electrons. The number of hydrogen-bond donors (Lipinski definition) is 0. The average molecular weight is 467 g/mol. The molecule has 35 heavy (non-hydrogen) atoms. The van der Waals surface area contributed by atoms with Gasteiger partial charge in [0.1, 0.15) is 5.82 Å². The second kappa shape index (κ2) is 9.21. The topological polar surface area (TPSA) is 78.5 Å². The molecule has 7 nitrogen and oxygen atoms in total. The van der Waals surface area contributed by atoms with Crippen LogP contribution in [0.5, 0.6) is 0 Å². The Hall–Kier alpha value is -3.61. The summed E-state index contributed by atoms with van der Waals surface area (Å²) in [5, 5.41) is 4.23. The van der Waals surface area contributed by atoms with E-state index in [-0.39, 0.29) is 5.56 Å². The zero-order valence-electron chi connectivity index (χ0n) is 20.0. The van der Waals surface area contributed by atoms with Gasteiger partial charge in [0.25, 0.3) is 5.56 Å². The molecule has 2 aliphatic rings. The van der Waals surface area contributed by atoms with E-state index in [1.54, 1.807) is 21.5 Å². The summed E-state index contributed by atoms with van der Waals surface area (Å²) in [6, 6.07) is 7.49. The van der Waals surface area contributed by atoms with E-state index in [0.717, 1.165) is 41.2 Å². The van der Waals surface area contributed by atoms with Crippen LogP contribution in [0, 0.1) is 11.8 Å². The molecule has 4 aromatic rings. The van der Waals surface area contributed by atoms with Gasteiger partial charge in [0.05, 0.1) is 18.1 Å². The molecule has 178 valence electrons. The summed E-state index contributed by atoms with van der Waals surface area (Å²) in [5.74, 6) is 2.99. The van der Waals surface area contributed by atoms with Crippen LogP contribution in [0.3, 0.4) is 0 Å². The molecular formula is C28H30N6O. The van der Waals surface area contributed by atoms with Crippen LogP contribution >= 0.6 is 0 Å². The first-order chi connectivity index (χ1) is 17.1. The van der Waals surface area contributed by atoms with E-state index in [1.807, 2.05) is 50.2 Å². The number of nitrogens with zero attached hydrogens (tertiary/aromatic N) is 6. The first-order valence-corrected chi connectivity index (χ1v) is 12.6. The second-order valence-electron chi connectivity index (χ2n) is 10.2. The third-order valence-corrected chi connectivity index (χ3v) is 7.43. The molecule has 4 aromatic heterocycles. The molecule has 0 aromatic carbocycles. The lowest BCUT2D eigenvalue weighted by Gasteiger charge is -2.12. The van der Waals surface area contributed by atoms with Gasteiger partial charge >= 0.3 is 0 Å². The van der Waals surface area contributed by atoms with Crippen molar-refractivity contribution in [2.24, 2.45) is 18.9 Å². The van der Waals surface area contributed by atoms with Crippen LogP contribution in [0.1, 0.15) is 55.1 Å². The van der Waals surface area contributed by atoms with Gasteiger partial charge in [-0.15, -0.1) is 0 Å². The standard InChI is InChI=1S/C28H30N6O/c1-33-17-24(15-32-33)22-6-9-28(35)34(18-22)26-8-7-25(29-16-26)11-19-2-3-20(10-19)12-27-30-13-23(14-31-27)21-4-5-21/h6-9,13-21H,2-5,10-12H2,1H3/t19-,20-/m0/s1. The second-order valence-corrected chi connectivity index (χ2v) is 10.2. The molecule has 4 heterocycles. The Balaban J connectivity index is 1.08. The zero-order chi connectivity index (χ0) is 23.8. The summed E-state index contributed by atoms with van der Waals surface area (Å²) in [7, 11) is 1.88. The van der Waals surface area contributed by atoms with E-state index < -0.39 is 0 Å². The Kier molecular flexibility index (Phi) is 5.76. The van der Waals surface area contributed by atoms with Gasteiger partial charge in [-0.3, -0.25) is 19.0 Å². The van der Waals surface area contributed by atoms with Crippen molar-refractivity contribution in [2.45, 2.75) is 50.9 Å². The van der Waals surface area contributed by atoms with E-state index in [2.05, 4.69) is 21.1 Å². The van der Waals surface area contributed by atoms with Crippen molar-refractivity contribution >= 4 is 0 Å². The van der Waals surface area contributed by atoms with Crippen LogP contribution in [0.15, 0.2) is 66.2 Å². The minimum Gasteiger partial charge on any atom is -0.282 e. The maximum atomic E-state index is 12.5. The van der Waals surface area contributed by atoms with Crippen LogP contribution in [-0.2, 0) is 19.9 Å². The van der Waals surface area contributed by atoms with Gasteiger partial charge in [0, 0.05) is 61.1 Å². The van der Waals surface area contributed by atoms with E-state index in [4.69, 9.17) is 4.98 Å². The molecule has 2 aliphatic carbocycles. The Morgan fingerprint density at radius 1 is 0.829 bits per heavy atom. The van der Waals surface area contributed by atoms with Gasteiger partial charge in [-0.25, -0.2) is 9.97 Å². The Morgan fingerprint density at radius 3 is 2.31 bits per heavy atom. The zero-order valence-corrected chi connectivity index (χ0v) is 20.0. The van der Waals surface area contributed by atoms with Crippen molar-refractivity contribution in [3.05, 3.63) is 88.9 Å². The Morgan fingerprint density at radius 2 is 1.63 bits per heavy atom. The molecule has 0 saturated heterocycles. The molecule has 0 bridgehead atoms. The van der Waals surface area contributed by atoms with Gasteiger partial charge in [0.2, 0.25) is 0 Å². The van der Waals surface area contributed by atoms with E-state index in [1.165, 1.54) is 37.7 Å². The smallest absolute Gasteiger partial charge is 0.255 e. The van der Waals surface area contributed by atoms with E-state index >= 15 is 0 Å². The van der Waals surface area contributed by atoms with Gasteiger partial charge in [0.15, 0.2) is 0 Å². The minimum atomic E-state index is -0.0711. The third kappa shape index (κ3) is 4.94. The fraction of sp³-hybridized carbons (Fsp3) is 0.393. The number of rotatable bonds is 7. The van der Waals surface area contributed by atoms with E-state index in [0.29, 0.717) is 17.8 Å². The highest BCUT2D eigenvalue weighted by Crippen LogP contribution is 2.39. The van der Waals surface area contributed by atoms with Crippen molar-refractivity contribution in [3.8, 4) is 16.8 Å². The molecular weight excluding hydrogens is 436 g/mol. The lowest BCUT2D eigenvalue weighted by Crippen LogP contribution is -2.16. The molecule has 2 atom stereocenters. The Bertz CT molecular complexity index is 1370. The summed E-state index contributed by atoms with van der Waals surface area (Å²) < 4.78 is 3.41. The highest BCUT2D eigenvalue weighted by Gasteiger charge is 2.27. The summed E-state index contributed by atoms with van der Waals surface area (Å²) in [4.78, 5) is 26.5. The van der Waals surface area contributed by atoms with E-state index in [9.17, 15) is 4.79 Å². The maximum absolute atomic E-state index is 12.5. The first-order valence-electron chi connectivity index (χ1n) is 12.6. The predicted molar refractivity (Wildman–Crippen MR) is 134 cm³/mol. The molecule has 0 N–H and O–H groups in total. The van der Waals surface area contributed by atoms with Gasteiger partial charge in [-0.2, -0.15) is 5.10 Å². The quantitative estimate of drug-likeness (QED) is 0.401. The Labute approximate surface area is 204 Å². The van der Waals surface area contributed by atoms with Crippen molar-refractivity contribution in [2.75, 3.05) is 0 Å². The van der Waals surface area contributed by atoms with Crippen molar-refractivity contribution in [1.29, 1.82) is 0 Å². The van der Waals surface area contributed by atoms with Gasteiger partial charge in [-0.05, 0) is 80.0 Å². The SMILES string of the molecule is Cn1cc(-c2ccc(=O)n(-c3ccc(C[C@H]4CC[C@H](Cc5ncc(C6CC6)cn5)C4)nc3)c2)cn1. The molecule has 0 unspecified atom stereocenters. The number of aromatic nitrogens is 6. The fourth-order valence-electron chi connectivity index (χ4n) is 5.31. The third-order valence-electron chi connectivity index (χ3n) is 7.43. The summed E-state index contributed by atoms with van der Waals surface area (Å²) in [6.07, 6.45) is 19.7. The molecule has 0 amide bonds. The van der Waals surface area contributed by atoms with Crippen LogP contribution in [0.4, 0.5) is 0 Å². The van der Waals surface area contributed by atoms with Crippen molar-refractivity contribution in [1.82, 2.24) is 29.3 Å².